The van der Waals surface area contributed by atoms with Gasteiger partial charge in [-0.2, -0.15) is 0 Å². The van der Waals surface area contributed by atoms with Crippen LogP contribution in [-0.2, 0) is 14.3 Å². The molecule has 0 aliphatic carbocycles. The maximum atomic E-state index is 13.4. The first-order valence-electron chi connectivity index (χ1n) is 12.5. The van der Waals surface area contributed by atoms with E-state index in [1.54, 1.807) is 42.5 Å². The highest BCUT2D eigenvalue weighted by atomic mass is 16.5. The molecule has 37 heavy (non-hydrogen) atoms. The highest BCUT2D eigenvalue weighted by Crippen LogP contribution is 2.45. The van der Waals surface area contributed by atoms with E-state index < -0.39 is 17.7 Å². The minimum Gasteiger partial charge on any atom is -0.507 e. The summed E-state index contributed by atoms with van der Waals surface area (Å²) in [5.74, 6) is -0.105. The molecule has 4 rings (SSSR count). The first kappa shape index (κ1) is 26.5. The number of para-hydroxylation sites is 1. The molecule has 2 aromatic carbocycles. The van der Waals surface area contributed by atoms with Crippen LogP contribution in [0.15, 0.2) is 48.0 Å². The number of likely N-dealkylation sites (tertiary alicyclic amines) is 1. The number of amides is 1. The van der Waals surface area contributed by atoms with Gasteiger partial charge in [0.25, 0.3) is 11.7 Å². The van der Waals surface area contributed by atoms with Crippen LogP contribution in [0, 0.1) is 0 Å². The van der Waals surface area contributed by atoms with Crippen molar-refractivity contribution in [3.8, 4) is 17.2 Å². The van der Waals surface area contributed by atoms with Gasteiger partial charge in [0.1, 0.15) is 11.5 Å². The fourth-order valence-corrected chi connectivity index (χ4v) is 4.72. The predicted octanol–water partition coefficient (Wildman–Crippen LogP) is 3.25. The second kappa shape index (κ2) is 12.1. The van der Waals surface area contributed by atoms with Gasteiger partial charge in [-0.3, -0.25) is 14.5 Å². The molecule has 2 heterocycles. The van der Waals surface area contributed by atoms with Crippen LogP contribution in [0.3, 0.4) is 0 Å². The van der Waals surface area contributed by atoms with Crippen LogP contribution < -0.4 is 14.2 Å². The minimum atomic E-state index is -0.845. The average molecular weight is 511 g/mol. The summed E-state index contributed by atoms with van der Waals surface area (Å²) in [7, 11) is 3.04. The summed E-state index contributed by atoms with van der Waals surface area (Å²) >= 11 is 0. The molecule has 2 saturated heterocycles. The number of methoxy groups -OCH3 is 2. The molecule has 1 unspecified atom stereocenters. The van der Waals surface area contributed by atoms with Gasteiger partial charge in [-0.05, 0) is 36.8 Å². The normalized spacial score (nSPS) is 19.8. The Morgan fingerprint density at radius 1 is 1.03 bits per heavy atom. The summed E-state index contributed by atoms with van der Waals surface area (Å²) in [5, 5.41) is 11.4. The number of hydrogen-bond acceptors (Lipinski definition) is 8. The predicted molar refractivity (Wildman–Crippen MR) is 138 cm³/mol. The lowest BCUT2D eigenvalue weighted by Gasteiger charge is -2.31. The molecular weight excluding hydrogens is 476 g/mol. The number of benzene rings is 2. The van der Waals surface area contributed by atoms with E-state index in [2.05, 4.69) is 4.90 Å². The second-order valence-corrected chi connectivity index (χ2v) is 8.90. The van der Waals surface area contributed by atoms with Crippen LogP contribution in [0.5, 0.6) is 17.2 Å². The lowest BCUT2D eigenvalue weighted by Crippen LogP contribution is -2.42. The summed E-state index contributed by atoms with van der Waals surface area (Å²) < 4.78 is 22.2. The molecule has 2 aliphatic heterocycles. The summed E-state index contributed by atoms with van der Waals surface area (Å²) in [5.41, 5.74) is 0.995. The molecule has 1 N–H and O–H groups in total. The van der Waals surface area contributed by atoms with Gasteiger partial charge in [-0.25, -0.2) is 0 Å². The van der Waals surface area contributed by atoms with E-state index in [0.29, 0.717) is 61.3 Å². The average Bonchev–Trinajstić information content (AvgIpc) is 3.19. The van der Waals surface area contributed by atoms with E-state index in [0.717, 1.165) is 19.5 Å². The maximum absolute atomic E-state index is 13.4. The van der Waals surface area contributed by atoms with Crippen molar-refractivity contribution in [2.24, 2.45) is 0 Å². The monoisotopic (exact) mass is 510 g/mol. The van der Waals surface area contributed by atoms with Gasteiger partial charge in [-0.15, -0.1) is 0 Å². The van der Waals surface area contributed by atoms with Crippen LogP contribution in [-0.4, -0.2) is 86.8 Å². The van der Waals surface area contributed by atoms with Crippen molar-refractivity contribution in [3.05, 3.63) is 59.2 Å². The molecule has 0 radical (unpaired) electrons. The molecule has 0 saturated carbocycles. The molecule has 0 bridgehead atoms. The van der Waals surface area contributed by atoms with Crippen LogP contribution in [0.2, 0.25) is 0 Å². The van der Waals surface area contributed by atoms with Crippen molar-refractivity contribution >= 4 is 17.4 Å². The van der Waals surface area contributed by atoms with E-state index >= 15 is 0 Å². The van der Waals surface area contributed by atoms with Crippen LogP contribution in [0.25, 0.3) is 5.76 Å². The summed E-state index contributed by atoms with van der Waals surface area (Å²) in [6, 6.07) is 11.3. The van der Waals surface area contributed by atoms with Crippen molar-refractivity contribution < 1.29 is 33.6 Å². The molecule has 198 valence electrons. The molecule has 2 fully saturated rings. The molecule has 2 aromatic rings. The van der Waals surface area contributed by atoms with Crippen LogP contribution >= 0.6 is 0 Å². The maximum Gasteiger partial charge on any atom is 0.295 e. The van der Waals surface area contributed by atoms with Gasteiger partial charge in [0.05, 0.1) is 45.7 Å². The molecule has 1 atom stereocenters. The second-order valence-electron chi connectivity index (χ2n) is 8.90. The Morgan fingerprint density at radius 3 is 2.41 bits per heavy atom. The van der Waals surface area contributed by atoms with E-state index in [1.165, 1.54) is 19.1 Å². The first-order chi connectivity index (χ1) is 18.0. The van der Waals surface area contributed by atoms with E-state index in [1.807, 2.05) is 6.92 Å². The zero-order valence-corrected chi connectivity index (χ0v) is 21.6. The number of rotatable bonds is 10. The Hall–Kier alpha value is -3.56. The van der Waals surface area contributed by atoms with Crippen LogP contribution in [0.4, 0.5) is 0 Å². The van der Waals surface area contributed by atoms with Gasteiger partial charge in [0.15, 0.2) is 11.5 Å². The fourth-order valence-electron chi connectivity index (χ4n) is 4.72. The number of ether oxygens (including phenoxy) is 4. The largest absolute Gasteiger partial charge is 0.507 e. The quantitative estimate of drug-likeness (QED) is 0.296. The summed E-state index contributed by atoms with van der Waals surface area (Å²) in [6.45, 7) is 6.24. The number of Topliss-reactive ketones (excluding diaryl/α,β-unsaturated/α-hetero) is 1. The zero-order valence-electron chi connectivity index (χ0n) is 21.6. The lowest BCUT2D eigenvalue weighted by atomic mass is 9.94. The number of ketones is 1. The molecule has 0 aromatic heterocycles. The van der Waals surface area contributed by atoms with E-state index in [4.69, 9.17) is 18.9 Å². The Morgan fingerprint density at radius 2 is 1.76 bits per heavy atom. The van der Waals surface area contributed by atoms with Gasteiger partial charge >= 0.3 is 0 Å². The minimum absolute atomic E-state index is 0.0146. The number of nitrogens with zero attached hydrogens (tertiary/aromatic N) is 2. The third-order valence-corrected chi connectivity index (χ3v) is 6.63. The van der Waals surface area contributed by atoms with Gasteiger partial charge in [0.2, 0.25) is 0 Å². The number of aliphatic hydroxyl groups excluding tert-OH is 1. The highest BCUT2D eigenvalue weighted by Gasteiger charge is 2.47. The molecule has 9 nitrogen and oxygen atoms in total. The third kappa shape index (κ3) is 5.57. The number of carbonyl (C=O) groups is 2. The Labute approximate surface area is 217 Å². The van der Waals surface area contributed by atoms with Crippen molar-refractivity contribution in [1.82, 2.24) is 9.80 Å². The molecular formula is C28H34N2O7. The number of morpholine rings is 1. The highest BCUT2D eigenvalue weighted by molar-refractivity contribution is 6.46. The number of carbonyl (C=O) groups excluding carboxylic acids is 2. The SMILES string of the molecule is CCCOc1ccc(/C(O)=C2\C(=O)C(=O)N(CCN3CCOCC3)C2c2cccc(OC)c2OC)cc1. The van der Waals surface area contributed by atoms with Gasteiger partial charge in [-0.1, -0.05) is 19.1 Å². The van der Waals surface area contributed by atoms with Crippen LogP contribution in [0.1, 0.15) is 30.5 Å². The molecule has 9 heteroatoms. The lowest BCUT2D eigenvalue weighted by molar-refractivity contribution is -0.140. The summed E-state index contributed by atoms with van der Waals surface area (Å²) in [6.07, 6.45) is 0.873. The Bertz CT molecular complexity index is 1140. The first-order valence-corrected chi connectivity index (χ1v) is 12.5. The number of hydrogen-bond donors (Lipinski definition) is 1. The smallest absolute Gasteiger partial charge is 0.295 e. The van der Waals surface area contributed by atoms with Crippen molar-refractivity contribution in [3.63, 3.8) is 0 Å². The summed E-state index contributed by atoms with van der Waals surface area (Å²) in [4.78, 5) is 30.4. The van der Waals surface area contributed by atoms with Gasteiger partial charge < -0.3 is 29.0 Å². The van der Waals surface area contributed by atoms with E-state index in [-0.39, 0.29) is 11.3 Å². The van der Waals surface area contributed by atoms with Crippen molar-refractivity contribution in [1.29, 1.82) is 0 Å². The third-order valence-electron chi connectivity index (χ3n) is 6.63. The Kier molecular flexibility index (Phi) is 8.68. The topological polar surface area (TPSA) is 97.8 Å². The Balaban J connectivity index is 1.77. The fraction of sp³-hybridized carbons (Fsp3) is 0.429. The van der Waals surface area contributed by atoms with E-state index in [9.17, 15) is 14.7 Å². The molecule has 2 aliphatic rings. The number of aliphatic hydroxyl groups is 1. The standard InChI is InChI=1S/C28H34N2O7/c1-4-16-37-20-10-8-19(9-11-20)25(31)23-24(21-6-5-7-22(34-2)27(21)35-3)30(28(33)26(23)32)13-12-29-14-17-36-18-15-29/h5-11,24,31H,4,12-18H2,1-3H3/b25-23+. The van der Waals surface area contributed by atoms with Crippen molar-refractivity contribution in [2.45, 2.75) is 19.4 Å². The molecule has 0 spiro atoms. The van der Waals surface area contributed by atoms with Crippen molar-refractivity contribution in [2.75, 3.05) is 60.2 Å². The zero-order chi connectivity index (χ0) is 26.4. The molecule has 1 amide bonds. The van der Waals surface area contributed by atoms with Gasteiger partial charge in [0, 0.05) is 37.3 Å².